The third kappa shape index (κ3) is 5.74. The number of morpholine rings is 1. The number of β-amino-alcohol motifs (C(OH)–C–C–N with tert-alkyl or cyclic N) is 1. The molecule has 1 unspecified atom stereocenters. The van der Waals surface area contributed by atoms with Gasteiger partial charge in [-0.1, -0.05) is 29.3 Å². The van der Waals surface area contributed by atoms with Crippen molar-refractivity contribution in [1.82, 2.24) is 9.80 Å². The molecule has 1 N–H and O–H groups in total. The Labute approximate surface area is 136 Å². The monoisotopic (exact) mass is 332 g/mol. The molecule has 0 radical (unpaired) electrons. The minimum Gasteiger partial charge on any atom is -0.390 e. The SMILES string of the molecule is CN(Cc1ccc(Cl)c(Cl)c1)CC(O)CN1CCOCC1. The van der Waals surface area contributed by atoms with Crippen LogP contribution in [0.4, 0.5) is 0 Å². The summed E-state index contributed by atoms with van der Waals surface area (Å²) in [5, 5.41) is 11.3. The van der Waals surface area contributed by atoms with Crippen LogP contribution < -0.4 is 0 Å². The molecule has 4 nitrogen and oxygen atoms in total. The van der Waals surface area contributed by atoms with Gasteiger partial charge in [-0.05, 0) is 24.7 Å². The van der Waals surface area contributed by atoms with Crippen molar-refractivity contribution in [2.75, 3.05) is 46.4 Å². The minimum atomic E-state index is -0.365. The van der Waals surface area contributed by atoms with Gasteiger partial charge in [-0.25, -0.2) is 0 Å². The van der Waals surface area contributed by atoms with Gasteiger partial charge in [-0.15, -0.1) is 0 Å². The second kappa shape index (κ2) is 8.32. The lowest BCUT2D eigenvalue weighted by Crippen LogP contribution is -2.43. The number of benzene rings is 1. The number of rotatable bonds is 6. The number of ether oxygens (including phenoxy) is 1. The van der Waals surface area contributed by atoms with E-state index in [2.05, 4.69) is 9.80 Å². The Bertz CT molecular complexity index is 453. The fraction of sp³-hybridized carbons (Fsp3) is 0.600. The second-order valence-corrected chi connectivity index (χ2v) is 6.33. The van der Waals surface area contributed by atoms with E-state index in [1.807, 2.05) is 19.2 Å². The van der Waals surface area contributed by atoms with E-state index in [-0.39, 0.29) is 6.10 Å². The van der Waals surface area contributed by atoms with Gasteiger partial charge in [-0.2, -0.15) is 0 Å². The first-order chi connectivity index (χ1) is 10.0. The molecule has 1 saturated heterocycles. The lowest BCUT2D eigenvalue weighted by molar-refractivity contribution is 0.00825. The van der Waals surface area contributed by atoms with Gasteiger partial charge in [0.15, 0.2) is 0 Å². The number of aliphatic hydroxyl groups is 1. The number of aliphatic hydroxyl groups excluding tert-OH is 1. The zero-order valence-corrected chi connectivity index (χ0v) is 13.8. The first-order valence-electron chi connectivity index (χ1n) is 7.15. The average Bonchev–Trinajstić information content (AvgIpc) is 2.43. The van der Waals surface area contributed by atoms with E-state index >= 15 is 0 Å². The Morgan fingerprint density at radius 3 is 2.67 bits per heavy atom. The van der Waals surface area contributed by atoms with Crippen LogP contribution in [0.15, 0.2) is 18.2 Å². The van der Waals surface area contributed by atoms with Crippen LogP contribution in [0, 0.1) is 0 Å². The summed E-state index contributed by atoms with van der Waals surface area (Å²) < 4.78 is 5.31. The second-order valence-electron chi connectivity index (χ2n) is 5.51. The van der Waals surface area contributed by atoms with Gasteiger partial charge in [0.1, 0.15) is 0 Å². The highest BCUT2D eigenvalue weighted by molar-refractivity contribution is 6.42. The summed E-state index contributed by atoms with van der Waals surface area (Å²) in [6.07, 6.45) is -0.365. The summed E-state index contributed by atoms with van der Waals surface area (Å²) >= 11 is 11.9. The number of hydrogen-bond acceptors (Lipinski definition) is 4. The van der Waals surface area contributed by atoms with Crippen LogP contribution in [-0.2, 0) is 11.3 Å². The standard InChI is InChI=1S/C15H22Cl2N2O2/c1-18(9-12-2-3-14(16)15(17)8-12)10-13(20)11-19-4-6-21-7-5-19/h2-3,8,13,20H,4-7,9-11H2,1H3. The first kappa shape index (κ1) is 17.0. The van der Waals surface area contributed by atoms with Crippen LogP contribution in [0.25, 0.3) is 0 Å². The third-order valence-corrected chi connectivity index (χ3v) is 4.27. The van der Waals surface area contributed by atoms with E-state index in [1.54, 1.807) is 6.07 Å². The molecule has 6 heteroatoms. The van der Waals surface area contributed by atoms with Crippen molar-refractivity contribution in [3.8, 4) is 0 Å². The molecule has 1 aromatic rings. The smallest absolute Gasteiger partial charge is 0.0793 e. The van der Waals surface area contributed by atoms with Crippen LogP contribution in [0.1, 0.15) is 5.56 Å². The van der Waals surface area contributed by atoms with E-state index in [1.165, 1.54) is 0 Å². The minimum absolute atomic E-state index is 0.365. The molecule has 1 aromatic carbocycles. The molecule has 1 aliphatic heterocycles. The highest BCUT2D eigenvalue weighted by Crippen LogP contribution is 2.23. The summed E-state index contributed by atoms with van der Waals surface area (Å²) in [5.74, 6) is 0. The van der Waals surface area contributed by atoms with Crippen molar-refractivity contribution in [2.45, 2.75) is 12.6 Å². The summed E-state index contributed by atoms with van der Waals surface area (Å²) in [4.78, 5) is 4.33. The Morgan fingerprint density at radius 1 is 1.29 bits per heavy atom. The fourth-order valence-electron chi connectivity index (χ4n) is 2.51. The molecule has 1 atom stereocenters. The summed E-state index contributed by atoms with van der Waals surface area (Å²) in [5.41, 5.74) is 1.09. The van der Waals surface area contributed by atoms with Crippen LogP contribution in [-0.4, -0.2) is 67.5 Å². The van der Waals surface area contributed by atoms with Gasteiger partial charge in [0.25, 0.3) is 0 Å². The molecule has 0 bridgehead atoms. The lowest BCUT2D eigenvalue weighted by Gasteiger charge is -2.30. The lowest BCUT2D eigenvalue weighted by atomic mass is 10.2. The third-order valence-electron chi connectivity index (χ3n) is 3.53. The molecular weight excluding hydrogens is 311 g/mol. The predicted molar refractivity (Wildman–Crippen MR) is 86.1 cm³/mol. The molecule has 118 valence electrons. The van der Waals surface area contributed by atoms with Crippen LogP contribution in [0.5, 0.6) is 0 Å². The molecule has 0 spiro atoms. The Balaban J connectivity index is 1.77. The zero-order valence-electron chi connectivity index (χ0n) is 12.3. The van der Waals surface area contributed by atoms with Gasteiger partial charge in [0.2, 0.25) is 0 Å². The van der Waals surface area contributed by atoms with E-state index in [9.17, 15) is 5.11 Å². The normalized spacial score (nSPS) is 18.1. The van der Waals surface area contributed by atoms with E-state index in [4.69, 9.17) is 27.9 Å². The van der Waals surface area contributed by atoms with E-state index in [0.29, 0.717) is 23.1 Å². The molecule has 2 rings (SSSR count). The summed E-state index contributed by atoms with van der Waals surface area (Å²) in [7, 11) is 1.99. The van der Waals surface area contributed by atoms with Crippen molar-refractivity contribution < 1.29 is 9.84 Å². The predicted octanol–water partition coefficient (Wildman–Crippen LogP) is 2.12. The maximum absolute atomic E-state index is 10.2. The van der Waals surface area contributed by atoms with Gasteiger partial charge < -0.3 is 9.84 Å². The van der Waals surface area contributed by atoms with Gasteiger partial charge in [0.05, 0.1) is 29.4 Å². The molecule has 0 aromatic heterocycles. The largest absolute Gasteiger partial charge is 0.390 e. The average molecular weight is 333 g/mol. The Kier molecular flexibility index (Phi) is 6.74. The number of nitrogens with zero attached hydrogens (tertiary/aromatic N) is 2. The van der Waals surface area contributed by atoms with Crippen molar-refractivity contribution in [3.63, 3.8) is 0 Å². The maximum atomic E-state index is 10.2. The fourth-order valence-corrected chi connectivity index (χ4v) is 2.83. The number of halogens is 2. The topological polar surface area (TPSA) is 35.9 Å². The van der Waals surface area contributed by atoms with E-state index in [0.717, 1.165) is 38.4 Å². The molecule has 1 heterocycles. The molecule has 21 heavy (non-hydrogen) atoms. The van der Waals surface area contributed by atoms with Crippen LogP contribution in [0.3, 0.4) is 0 Å². The van der Waals surface area contributed by atoms with Crippen LogP contribution >= 0.6 is 23.2 Å². The number of hydrogen-bond donors (Lipinski definition) is 1. The quantitative estimate of drug-likeness (QED) is 0.865. The molecular formula is C15H22Cl2N2O2. The zero-order chi connectivity index (χ0) is 15.2. The van der Waals surface area contributed by atoms with Crippen molar-refractivity contribution >= 4 is 23.2 Å². The molecule has 1 aliphatic rings. The molecule has 0 saturated carbocycles. The molecule has 0 aliphatic carbocycles. The Hall–Kier alpha value is -0.360. The highest BCUT2D eigenvalue weighted by Gasteiger charge is 2.16. The summed E-state index contributed by atoms with van der Waals surface area (Å²) in [6.45, 7) is 5.35. The van der Waals surface area contributed by atoms with Gasteiger partial charge in [0, 0.05) is 32.7 Å². The van der Waals surface area contributed by atoms with Crippen molar-refractivity contribution in [2.24, 2.45) is 0 Å². The number of likely N-dealkylation sites (N-methyl/N-ethyl adjacent to an activating group) is 1. The molecule has 0 amide bonds. The van der Waals surface area contributed by atoms with Gasteiger partial charge >= 0.3 is 0 Å². The van der Waals surface area contributed by atoms with Crippen molar-refractivity contribution in [3.05, 3.63) is 33.8 Å². The van der Waals surface area contributed by atoms with Gasteiger partial charge in [-0.3, -0.25) is 9.80 Å². The summed E-state index contributed by atoms with van der Waals surface area (Å²) in [6, 6.07) is 5.63. The highest BCUT2D eigenvalue weighted by atomic mass is 35.5. The first-order valence-corrected chi connectivity index (χ1v) is 7.91. The van der Waals surface area contributed by atoms with Crippen molar-refractivity contribution in [1.29, 1.82) is 0 Å². The maximum Gasteiger partial charge on any atom is 0.0793 e. The van der Waals surface area contributed by atoms with Crippen LogP contribution in [0.2, 0.25) is 10.0 Å². The Morgan fingerprint density at radius 2 is 2.00 bits per heavy atom. The van der Waals surface area contributed by atoms with E-state index < -0.39 is 0 Å². The molecule has 1 fully saturated rings.